The van der Waals surface area contributed by atoms with Crippen LogP contribution >= 0.6 is 11.8 Å². The van der Waals surface area contributed by atoms with Gasteiger partial charge in [0.2, 0.25) is 0 Å². The first-order valence-corrected chi connectivity index (χ1v) is 8.50. The molecule has 0 radical (unpaired) electrons. The Morgan fingerprint density at radius 2 is 1.46 bits per heavy atom. The smallest absolute Gasteiger partial charge is 0.175 e. The maximum atomic E-state index is 12.8. The SMILES string of the molecule is O=C1c2ccccc2C(=O)C2C(O)=C(Sc3ccccc3)C=CC12. The molecule has 4 rings (SSSR count). The summed E-state index contributed by atoms with van der Waals surface area (Å²) in [5.41, 5.74) is 0.843. The lowest BCUT2D eigenvalue weighted by Crippen LogP contribution is -2.38. The van der Waals surface area contributed by atoms with Crippen molar-refractivity contribution in [3.63, 3.8) is 0 Å². The van der Waals surface area contributed by atoms with Crippen LogP contribution in [0, 0.1) is 11.8 Å². The van der Waals surface area contributed by atoms with Gasteiger partial charge in [-0.1, -0.05) is 60.3 Å². The van der Waals surface area contributed by atoms with E-state index in [1.54, 1.807) is 36.4 Å². The molecule has 118 valence electrons. The van der Waals surface area contributed by atoms with Crippen LogP contribution < -0.4 is 0 Å². The number of aliphatic hydroxyl groups excluding tert-OH is 1. The molecule has 4 heteroatoms. The fourth-order valence-corrected chi connectivity index (χ4v) is 4.12. The molecule has 2 aromatic carbocycles. The zero-order valence-electron chi connectivity index (χ0n) is 12.7. The van der Waals surface area contributed by atoms with E-state index in [0.717, 1.165) is 4.90 Å². The molecule has 2 aliphatic rings. The molecule has 0 aromatic heterocycles. The van der Waals surface area contributed by atoms with Crippen LogP contribution in [0.4, 0.5) is 0 Å². The van der Waals surface area contributed by atoms with Gasteiger partial charge in [-0.3, -0.25) is 9.59 Å². The van der Waals surface area contributed by atoms with Crippen molar-refractivity contribution in [1.29, 1.82) is 0 Å². The molecule has 1 N–H and O–H groups in total. The van der Waals surface area contributed by atoms with Crippen molar-refractivity contribution < 1.29 is 14.7 Å². The number of benzene rings is 2. The Morgan fingerprint density at radius 1 is 0.833 bits per heavy atom. The fraction of sp³-hybridized carbons (Fsp3) is 0.100. The van der Waals surface area contributed by atoms with Crippen LogP contribution in [0.2, 0.25) is 0 Å². The van der Waals surface area contributed by atoms with Gasteiger partial charge in [0, 0.05) is 16.0 Å². The van der Waals surface area contributed by atoms with Gasteiger partial charge in [-0.2, -0.15) is 0 Å². The van der Waals surface area contributed by atoms with Gasteiger partial charge in [-0.15, -0.1) is 0 Å². The van der Waals surface area contributed by atoms with Gasteiger partial charge in [0.25, 0.3) is 0 Å². The Labute approximate surface area is 143 Å². The summed E-state index contributed by atoms with van der Waals surface area (Å²) in [5.74, 6) is -1.75. The summed E-state index contributed by atoms with van der Waals surface area (Å²) in [5, 5.41) is 10.7. The number of fused-ring (bicyclic) bond motifs is 2. The van der Waals surface area contributed by atoms with Gasteiger partial charge in [0.15, 0.2) is 11.6 Å². The van der Waals surface area contributed by atoms with E-state index in [2.05, 4.69) is 0 Å². The Balaban J connectivity index is 1.75. The third kappa shape index (κ3) is 2.31. The summed E-state index contributed by atoms with van der Waals surface area (Å²) >= 11 is 1.39. The lowest BCUT2D eigenvalue weighted by Gasteiger charge is -2.31. The molecular weight excluding hydrogens is 320 g/mol. The molecule has 0 fully saturated rings. The number of aliphatic hydroxyl groups is 1. The summed E-state index contributed by atoms with van der Waals surface area (Å²) < 4.78 is 0. The van der Waals surface area contributed by atoms with Crippen molar-refractivity contribution in [2.24, 2.45) is 11.8 Å². The highest BCUT2D eigenvalue weighted by Crippen LogP contribution is 2.42. The predicted octanol–water partition coefficient (Wildman–Crippen LogP) is 4.43. The molecular formula is C20H14O3S. The lowest BCUT2D eigenvalue weighted by atomic mass is 9.71. The second-order valence-corrected chi connectivity index (χ2v) is 6.92. The zero-order valence-corrected chi connectivity index (χ0v) is 13.5. The topological polar surface area (TPSA) is 54.4 Å². The first-order chi connectivity index (χ1) is 11.7. The van der Waals surface area contributed by atoms with Crippen LogP contribution in [-0.4, -0.2) is 16.7 Å². The Bertz CT molecular complexity index is 896. The van der Waals surface area contributed by atoms with E-state index >= 15 is 0 Å². The van der Waals surface area contributed by atoms with Crippen LogP contribution in [0.15, 0.2) is 82.3 Å². The minimum absolute atomic E-state index is 0.00999. The van der Waals surface area contributed by atoms with Crippen LogP contribution in [-0.2, 0) is 0 Å². The number of carbonyl (C=O) groups excluding carboxylic acids is 2. The maximum absolute atomic E-state index is 12.8. The van der Waals surface area contributed by atoms with Crippen molar-refractivity contribution in [3.8, 4) is 0 Å². The van der Waals surface area contributed by atoms with E-state index in [-0.39, 0.29) is 17.3 Å². The number of allylic oxidation sites excluding steroid dienone is 3. The molecule has 0 saturated carbocycles. The average molecular weight is 334 g/mol. The van der Waals surface area contributed by atoms with Crippen LogP contribution in [0.3, 0.4) is 0 Å². The second-order valence-electron chi connectivity index (χ2n) is 5.80. The van der Waals surface area contributed by atoms with Crippen molar-refractivity contribution in [1.82, 2.24) is 0 Å². The highest BCUT2D eigenvalue weighted by molar-refractivity contribution is 8.03. The Morgan fingerprint density at radius 3 is 2.17 bits per heavy atom. The van der Waals surface area contributed by atoms with E-state index < -0.39 is 11.8 Å². The minimum Gasteiger partial charge on any atom is -0.510 e. The third-order valence-electron chi connectivity index (χ3n) is 4.38. The van der Waals surface area contributed by atoms with E-state index in [1.807, 2.05) is 30.3 Å². The van der Waals surface area contributed by atoms with Crippen molar-refractivity contribution in [2.75, 3.05) is 0 Å². The van der Waals surface area contributed by atoms with Crippen molar-refractivity contribution in [3.05, 3.63) is 88.5 Å². The number of Topliss-reactive ketones (excluding diaryl/α,β-unsaturated/α-hetero) is 2. The van der Waals surface area contributed by atoms with E-state index in [9.17, 15) is 14.7 Å². The zero-order chi connectivity index (χ0) is 16.7. The molecule has 0 amide bonds. The molecule has 0 spiro atoms. The molecule has 0 saturated heterocycles. The largest absolute Gasteiger partial charge is 0.510 e. The number of ketones is 2. The van der Waals surface area contributed by atoms with Crippen LogP contribution in [0.1, 0.15) is 20.7 Å². The summed E-state index contributed by atoms with van der Waals surface area (Å²) in [7, 11) is 0. The predicted molar refractivity (Wildman–Crippen MR) is 93.2 cm³/mol. The number of carbonyl (C=O) groups is 2. The summed E-state index contributed by atoms with van der Waals surface area (Å²) in [6, 6.07) is 16.5. The summed E-state index contributed by atoms with van der Waals surface area (Å²) in [4.78, 5) is 27.1. The molecule has 3 nitrogen and oxygen atoms in total. The minimum atomic E-state index is -0.816. The Hall–Kier alpha value is -2.59. The van der Waals surface area contributed by atoms with Gasteiger partial charge < -0.3 is 5.11 Å². The van der Waals surface area contributed by atoms with Gasteiger partial charge >= 0.3 is 0 Å². The second kappa shape index (κ2) is 5.80. The molecule has 2 aliphatic carbocycles. The molecule has 2 atom stereocenters. The highest BCUT2D eigenvalue weighted by Gasteiger charge is 2.44. The molecule has 0 bridgehead atoms. The van der Waals surface area contributed by atoms with E-state index in [1.165, 1.54) is 11.8 Å². The first-order valence-electron chi connectivity index (χ1n) is 7.68. The third-order valence-corrected chi connectivity index (χ3v) is 5.45. The number of hydrogen-bond acceptors (Lipinski definition) is 4. The summed E-state index contributed by atoms with van der Waals surface area (Å²) in [6.07, 6.45) is 3.49. The number of rotatable bonds is 2. The normalized spacial score (nSPS) is 22.3. The highest BCUT2D eigenvalue weighted by atomic mass is 32.2. The molecule has 2 unspecified atom stereocenters. The number of thioether (sulfide) groups is 1. The van der Waals surface area contributed by atoms with E-state index in [4.69, 9.17) is 0 Å². The maximum Gasteiger partial charge on any atom is 0.175 e. The van der Waals surface area contributed by atoms with Crippen LogP contribution in [0.5, 0.6) is 0 Å². The quantitative estimate of drug-likeness (QED) is 0.883. The number of hydrogen-bond donors (Lipinski definition) is 1. The van der Waals surface area contributed by atoms with Crippen molar-refractivity contribution in [2.45, 2.75) is 4.90 Å². The van der Waals surface area contributed by atoms with Gasteiger partial charge in [0.1, 0.15) is 5.76 Å². The Kier molecular flexibility index (Phi) is 3.62. The first kappa shape index (κ1) is 15.0. The fourth-order valence-electron chi connectivity index (χ4n) is 3.20. The molecule has 2 aromatic rings. The summed E-state index contributed by atoms with van der Waals surface area (Å²) in [6.45, 7) is 0. The van der Waals surface area contributed by atoms with Gasteiger partial charge in [-0.25, -0.2) is 0 Å². The monoisotopic (exact) mass is 334 g/mol. The van der Waals surface area contributed by atoms with Crippen molar-refractivity contribution >= 4 is 23.3 Å². The lowest BCUT2D eigenvalue weighted by molar-refractivity contribution is 0.0758. The van der Waals surface area contributed by atoms with Gasteiger partial charge in [-0.05, 0) is 18.2 Å². The van der Waals surface area contributed by atoms with E-state index in [0.29, 0.717) is 16.0 Å². The van der Waals surface area contributed by atoms with Gasteiger partial charge in [0.05, 0.1) is 16.7 Å². The molecule has 0 heterocycles. The standard InChI is InChI=1S/C20H14O3S/c21-18-13-8-4-5-9-14(13)19(22)17-15(18)10-11-16(20(17)23)24-12-6-2-1-3-7-12/h1-11,15,17,23H. The molecule has 24 heavy (non-hydrogen) atoms. The molecule has 0 aliphatic heterocycles. The average Bonchev–Trinajstić information content (AvgIpc) is 2.62. The van der Waals surface area contributed by atoms with Crippen LogP contribution in [0.25, 0.3) is 0 Å².